The van der Waals surface area contributed by atoms with Crippen LogP contribution in [-0.4, -0.2) is 41.7 Å². The molecule has 0 saturated heterocycles. The van der Waals surface area contributed by atoms with Crippen LogP contribution in [-0.2, 0) is 14.3 Å². The minimum Gasteiger partial charge on any atom is -0.454 e. The van der Waals surface area contributed by atoms with Crippen LogP contribution in [0.4, 0.5) is 0 Å². The maximum absolute atomic E-state index is 12.2. The number of carbonyl (C=O) groups excluding carboxylic acids is 4. The molecule has 28 heavy (non-hydrogen) atoms. The summed E-state index contributed by atoms with van der Waals surface area (Å²) < 4.78 is 4.90. The van der Waals surface area contributed by atoms with Gasteiger partial charge in [-0.25, -0.2) is 0 Å². The quantitative estimate of drug-likeness (QED) is 0.593. The summed E-state index contributed by atoms with van der Waals surface area (Å²) in [7, 11) is 0. The van der Waals surface area contributed by atoms with E-state index < -0.39 is 36.8 Å². The summed E-state index contributed by atoms with van der Waals surface area (Å²) in [5.74, 6) is -2.48. The third-order valence-electron chi connectivity index (χ3n) is 4.26. The van der Waals surface area contributed by atoms with Crippen molar-refractivity contribution in [3.8, 4) is 0 Å². The molecule has 1 heterocycles. The summed E-state index contributed by atoms with van der Waals surface area (Å²) in [5, 5.41) is 3.23. The van der Waals surface area contributed by atoms with Gasteiger partial charge in [0.05, 0.1) is 17.2 Å². The molecule has 3 amide bonds. The first-order valence-corrected chi connectivity index (χ1v) is 8.90. The molecular weight excluding hydrogens is 384 g/mol. The lowest BCUT2D eigenvalue weighted by Gasteiger charge is -2.16. The molecule has 0 saturated carbocycles. The minimum absolute atomic E-state index is 0.244. The number of hydrogen-bond donors (Lipinski definition) is 1. The maximum Gasteiger partial charge on any atom is 0.326 e. The van der Waals surface area contributed by atoms with Crippen LogP contribution in [0, 0.1) is 0 Å². The molecule has 0 spiro atoms. The van der Waals surface area contributed by atoms with Crippen molar-refractivity contribution in [3.05, 3.63) is 70.2 Å². The second-order valence-corrected chi connectivity index (χ2v) is 6.68. The van der Waals surface area contributed by atoms with Crippen LogP contribution >= 0.6 is 11.6 Å². The van der Waals surface area contributed by atoms with E-state index in [0.29, 0.717) is 5.02 Å². The summed E-state index contributed by atoms with van der Waals surface area (Å²) in [4.78, 5) is 49.2. The van der Waals surface area contributed by atoms with Gasteiger partial charge in [0.25, 0.3) is 17.7 Å². The Balaban J connectivity index is 1.50. The third kappa shape index (κ3) is 4.20. The SMILES string of the molecule is C[C@@H](NC(=O)COC(=O)CN1C(=O)c2ccccc2C1=O)c1cccc(Cl)c1. The van der Waals surface area contributed by atoms with Crippen LogP contribution in [0.5, 0.6) is 0 Å². The Hall–Kier alpha value is -3.19. The third-order valence-corrected chi connectivity index (χ3v) is 4.49. The largest absolute Gasteiger partial charge is 0.454 e. The van der Waals surface area contributed by atoms with E-state index in [0.717, 1.165) is 10.5 Å². The number of nitrogens with one attached hydrogen (secondary N) is 1. The van der Waals surface area contributed by atoms with E-state index in [9.17, 15) is 19.2 Å². The van der Waals surface area contributed by atoms with E-state index in [-0.39, 0.29) is 17.2 Å². The highest BCUT2D eigenvalue weighted by Gasteiger charge is 2.36. The fraction of sp³-hybridized carbons (Fsp3) is 0.200. The number of imide groups is 1. The fourth-order valence-corrected chi connectivity index (χ4v) is 3.04. The number of carbonyl (C=O) groups is 4. The van der Waals surface area contributed by atoms with Crippen molar-refractivity contribution in [3.63, 3.8) is 0 Å². The molecule has 0 fully saturated rings. The summed E-state index contributed by atoms with van der Waals surface area (Å²) in [5.41, 5.74) is 1.29. The highest BCUT2D eigenvalue weighted by atomic mass is 35.5. The lowest BCUT2D eigenvalue weighted by atomic mass is 10.1. The molecule has 1 N–H and O–H groups in total. The number of ether oxygens (including phenoxy) is 1. The van der Waals surface area contributed by atoms with Gasteiger partial charge in [0.2, 0.25) is 0 Å². The summed E-state index contributed by atoms with van der Waals surface area (Å²) in [6, 6.07) is 13.0. The van der Waals surface area contributed by atoms with E-state index in [1.54, 1.807) is 37.3 Å². The molecule has 1 aliphatic heterocycles. The molecule has 0 unspecified atom stereocenters. The number of benzene rings is 2. The molecule has 1 atom stereocenters. The first-order chi connectivity index (χ1) is 13.4. The molecule has 0 aliphatic carbocycles. The zero-order valence-electron chi connectivity index (χ0n) is 15.0. The average Bonchev–Trinajstić information content (AvgIpc) is 2.91. The highest BCUT2D eigenvalue weighted by molar-refractivity contribution is 6.30. The highest BCUT2D eigenvalue weighted by Crippen LogP contribution is 2.22. The first-order valence-electron chi connectivity index (χ1n) is 8.52. The topological polar surface area (TPSA) is 92.8 Å². The number of fused-ring (bicyclic) bond motifs is 1. The van der Waals surface area contributed by atoms with E-state index in [1.807, 2.05) is 6.07 Å². The number of nitrogens with zero attached hydrogens (tertiary/aromatic N) is 1. The number of halogens is 1. The predicted molar refractivity (Wildman–Crippen MR) is 101 cm³/mol. The van der Waals surface area contributed by atoms with Crippen LogP contribution < -0.4 is 5.32 Å². The van der Waals surface area contributed by atoms with Gasteiger partial charge >= 0.3 is 5.97 Å². The lowest BCUT2D eigenvalue weighted by molar-refractivity contribution is -0.148. The smallest absolute Gasteiger partial charge is 0.326 e. The van der Waals surface area contributed by atoms with Crippen LogP contribution in [0.15, 0.2) is 48.5 Å². The van der Waals surface area contributed by atoms with Crippen LogP contribution in [0.2, 0.25) is 5.02 Å². The predicted octanol–water partition coefficient (Wildman–Crippen LogP) is 2.36. The van der Waals surface area contributed by atoms with Crippen molar-refractivity contribution >= 4 is 35.3 Å². The fourth-order valence-electron chi connectivity index (χ4n) is 2.85. The molecule has 0 radical (unpaired) electrons. The van der Waals surface area contributed by atoms with Crippen molar-refractivity contribution in [1.82, 2.24) is 10.2 Å². The van der Waals surface area contributed by atoms with Gasteiger partial charge in [-0.15, -0.1) is 0 Å². The Morgan fingerprint density at radius 3 is 2.32 bits per heavy atom. The van der Waals surface area contributed by atoms with Crippen molar-refractivity contribution in [2.75, 3.05) is 13.2 Å². The van der Waals surface area contributed by atoms with Gasteiger partial charge in [0.1, 0.15) is 6.54 Å². The lowest BCUT2D eigenvalue weighted by Crippen LogP contribution is -2.37. The molecule has 0 aromatic heterocycles. The Kier molecular flexibility index (Phi) is 5.75. The zero-order valence-corrected chi connectivity index (χ0v) is 15.7. The monoisotopic (exact) mass is 400 g/mol. The molecule has 0 bridgehead atoms. The van der Waals surface area contributed by atoms with Gasteiger partial charge in [-0.3, -0.25) is 24.1 Å². The number of esters is 1. The second-order valence-electron chi connectivity index (χ2n) is 6.25. The second kappa shape index (κ2) is 8.22. The maximum atomic E-state index is 12.2. The first kappa shape index (κ1) is 19.6. The van der Waals surface area contributed by atoms with Crippen LogP contribution in [0.3, 0.4) is 0 Å². The van der Waals surface area contributed by atoms with Gasteiger partial charge in [-0.2, -0.15) is 0 Å². The molecule has 1 aliphatic rings. The van der Waals surface area contributed by atoms with E-state index in [2.05, 4.69) is 5.32 Å². The van der Waals surface area contributed by atoms with Crippen molar-refractivity contribution < 1.29 is 23.9 Å². The minimum atomic E-state index is -0.847. The molecule has 2 aromatic carbocycles. The summed E-state index contributed by atoms with van der Waals surface area (Å²) in [6.45, 7) is 0.695. The van der Waals surface area contributed by atoms with Gasteiger partial charge in [0.15, 0.2) is 6.61 Å². The van der Waals surface area contributed by atoms with Crippen LogP contribution in [0.1, 0.15) is 39.2 Å². The molecule has 3 rings (SSSR count). The summed E-state index contributed by atoms with van der Waals surface area (Å²) in [6.07, 6.45) is 0. The number of amides is 3. The van der Waals surface area contributed by atoms with E-state index >= 15 is 0 Å². The van der Waals surface area contributed by atoms with Gasteiger partial charge in [0, 0.05) is 5.02 Å². The van der Waals surface area contributed by atoms with Crippen molar-refractivity contribution in [2.45, 2.75) is 13.0 Å². The van der Waals surface area contributed by atoms with Crippen molar-refractivity contribution in [2.24, 2.45) is 0 Å². The average molecular weight is 401 g/mol. The normalized spacial score (nSPS) is 13.9. The van der Waals surface area contributed by atoms with Crippen LogP contribution in [0.25, 0.3) is 0 Å². The zero-order chi connectivity index (χ0) is 20.3. The Labute approximate surface area is 166 Å². The Bertz CT molecular complexity index is 924. The standard InChI is InChI=1S/C20H17ClN2O5/c1-12(13-5-4-6-14(21)9-13)22-17(24)11-28-18(25)10-23-19(26)15-7-2-3-8-16(15)20(23)27/h2-9,12H,10-11H2,1H3,(H,22,24)/t12-/m1/s1. The van der Waals surface area contributed by atoms with Gasteiger partial charge in [-0.1, -0.05) is 35.9 Å². The number of hydrogen-bond acceptors (Lipinski definition) is 5. The summed E-state index contributed by atoms with van der Waals surface area (Å²) >= 11 is 5.92. The molecule has 7 nitrogen and oxygen atoms in total. The molecular formula is C20H17ClN2O5. The molecule has 8 heteroatoms. The van der Waals surface area contributed by atoms with Gasteiger partial charge in [-0.05, 0) is 36.8 Å². The molecule has 144 valence electrons. The van der Waals surface area contributed by atoms with Gasteiger partial charge < -0.3 is 10.1 Å². The Morgan fingerprint density at radius 1 is 1.07 bits per heavy atom. The molecule has 2 aromatic rings. The van der Waals surface area contributed by atoms with E-state index in [4.69, 9.17) is 16.3 Å². The van der Waals surface area contributed by atoms with E-state index in [1.165, 1.54) is 12.1 Å². The van der Waals surface area contributed by atoms with Crippen molar-refractivity contribution in [1.29, 1.82) is 0 Å². The Morgan fingerprint density at radius 2 is 1.71 bits per heavy atom. The number of rotatable bonds is 6.